The van der Waals surface area contributed by atoms with Crippen molar-refractivity contribution in [2.75, 3.05) is 6.61 Å². The third-order valence-electron chi connectivity index (χ3n) is 2.53. The van der Waals surface area contributed by atoms with Crippen LogP contribution in [0.2, 0.25) is 0 Å². The molecule has 1 unspecified atom stereocenters. The molecule has 4 nitrogen and oxygen atoms in total. The fraction of sp³-hybridized carbons (Fsp3) is 0.417. The third kappa shape index (κ3) is 3.00. The second kappa shape index (κ2) is 6.15. The number of phenolic OH excluding ortho intramolecular Hbond substituents is 1. The van der Waals surface area contributed by atoms with E-state index in [0.717, 1.165) is 0 Å². The molecule has 0 aromatic heterocycles. The van der Waals surface area contributed by atoms with Gasteiger partial charge in [-0.3, -0.25) is 0 Å². The van der Waals surface area contributed by atoms with E-state index in [2.05, 4.69) is 20.7 Å². The van der Waals surface area contributed by atoms with E-state index in [4.69, 9.17) is 5.73 Å². The van der Waals surface area contributed by atoms with Crippen LogP contribution < -0.4 is 5.73 Å². The van der Waals surface area contributed by atoms with Gasteiger partial charge in [0.2, 0.25) is 6.17 Å². The number of nitrogens with two attached hydrogens (primary N) is 1. The van der Waals surface area contributed by atoms with Gasteiger partial charge in [0.05, 0.1) is 12.6 Å². The van der Waals surface area contributed by atoms with Gasteiger partial charge in [-0.2, -0.15) is 0 Å². The van der Waals surface area contributed by atoms with Crippen LogP contribution >= 0.6 is 15.9 Å². The van der Waals surface area contributed by atoms with E-state index in [1.807, 2.05) is 0 Å². The first-order valence-corrected chi connectivity index (χ1v) is 6.23. The number of hydrogen-bond donors (Lipinski definition) is 2. The molecule has 0 saturated carbocycles. The normalized spacial score (nSPS) is 14.1. The maximum absolute atomic E-state index is 13.8. The molecule has 0 saturated heterocycles. The minimum absolute atomic E-state index is 0.0763. The number of esters is 1. The average Bonchev–Trinajstić information content (AvgIpc) is 2.33. The highest BCUT2D eigenvalue weighted by Crippen LogP contribution is 2.35. The molecule has 0 bridgehead atoms. The summed E-state index contributed by atoms with van der Waals surface area (Å²) in [7, 11) is 0. The van der Waals surface area contributed by atoms with Crippen molar-refractivity contribution < 1.29 is 19.0 Å². The molecule has 1 rings (SSSR count). The lowest BCUT2D eigenvalue weighted by molar-refractivity contribution is -0.149. The number of carbonyl (C=O) groups is 1. The highest BCUT2D eigenvalue weighted by atomic mass is 79.9. The summed E-state index contributed by atoms with van der Waals surface area (Å²) in [5.41, 5.74) is 6.39. The summed E-state index contributed by atoms with van der Waals surface area (Å²) < 4.78 is 18.8. The first kappa shape index (κ1) is 14.9. The van der Waals surface area contributed by atoms with Crippen LogP contribution in [0.15, 0.2) is 16.6 Å². The van der Waals surface area contributed by atoms with Crippen molar-refractivity contribution in [3.05, 3.63) is 27.7 Å². The SMILES string of the molecule is CCOC(=O)C(F)[C@H](N)c1c(Br)ccc(C)c1O. The highest BCUT2D eigenvalue weighted by Gasteiger charge is 2.31. The van der Waals surface area contributed by atoms with Crippen molar-refractivity contribution in [3.8, 4) is 5.75 Å². The van der Waals surface area contributed by atoms with E-state index >= 15 is 0 Å². The molecule has 100 valence electrons. The van der Waals surface area contributed by atoms with Gasteiger partial charge in [0.15, 0.2) is 0 Å². The Morgan fingerprint density at radius 3 is 2.78 bits per heavy atom. The van der Waals surface area contributed by atoms with Gasteiger partial charge in [0, 0.05) is 10.0 Å². The molecule has 0 spiro atoms. The second-order valence-corrected chi connectivity index (χ2v) is 4.66. The number of alkyl halides is 1. The molecule has 0 radical (unpaired) electrons. The summed E-state index contributed by atoms with van der Waals surface area (Å²) in [6.45, 7) is 3.32. The quantitative estimate of drug-likeness (QED) is 0.836. The summed E-state index contributed by atoms with van der Waals surface area (Å²) in [5, 5.41) is 9.88. The van der Waals surface area contributed by atoms with Crippen LogP contribution in [0.25, 0.3) is 0 Å². The summed E-state index contributed by atoms with van der Waals surface area (Å²) >= 11 is 3.18. The maximum atomic E-state index is 13.8. The molecule has 6 heteroatoms. The lowest BCUT2D eigenvalue weighted by atomic mass is 10.00. The second-order valence-electron chi connectivity index (χ2n) is 3.81. The molecule has 1 aromatic carbocycles. The predicted molar refractivity (Wildman–Crippen MR) is 69.0 cm³/mol. The molecule has 1 aromatic rings. The number of aryl methyl sites for hydroxylation is 1. The lowest BCUT2D eigenvalue weighted by Crippen LogP contribution is -2.31. The van der Waals surface area contributed by atoms with E-state index in [1.165, 1.54) is 0 Å². The van der Waals surface area contributed by atoms with Crippen molar-refractivity contribution in [1.29, 1.82) is 0 Å². The van der Waals surface area contributed by atoms with Crippen molar-refractivity contribution >= 4 is 21.9 Å². The van der Waals surface area contributed by atoms with Crippen LogP contribution in [0, 0.1) is 6.92 Å². The smallest absolute Gasteiger partial charge is 0.342 e. The highest BCUT2D eigenvalue weighted by molar-refractivity contribution is 9.10. The number of aromatic hydroxyl groups is 1. The van der Waals surface area contributed by atoms with Crippen LogP contribution in [-0.4, -0.2) is 23.9 Å². The third-order valence-corrected chi connectivity index (χ3v) is 3.22. The van der Waals surface area contributed by atoms with Crippen molar-refractivity contribution in [2.45, 2.75) is 26.1 Å². The maximum Gasteiger partial charge on any atom is 0.342 e. The molecule has 3 N–H and O–H groups in total. The number of halogens is 2. The Morgan fingerprint density at radius 1 is 1.61 bits per heavy atom. The Kier molecular flexibility index (Phi) is 5.10. The predicted octanol–water partition coefficient (Wildman–Crippen LogP) is 2.36. The number of hydrogen-bond acceptors (Lipinski definition) is 4. The van der Waals surface area contributed by atoms with Gasteiger partial charge in [-0.05, 0) is 25.5 Å². The minimum Gasteiger partial charge on any atom is -0.507 e. The van der Waals surface area contributed by atoms with Crippen molar-refractivity contribution in [1.82, 2.24) is 0 Å². The number of benzene rings is 1. The fourth-order valence-electron chi connectivity index (χ4n) is 1.52. The summed E-state index contributed by atoms with van der Waals surface area (Å²) in [6.07, 6.45) is -2.02. The van der Waals surface area contributed by atoms with E-state index in [-0.39, 0.29) is 17.9 Å². The monoisotopic (exact) mass is 319 g/mol. The van der Waals surface area contributed by atoms with Gasteiger partial charge in [0.1, 0.15) is 5.75 Å². The zero-order valence-corrected chi connectivity index (χ0v) is 11.7. The number of carbonyl (C=O) groups excluding carboxylic acids is 1. The van der Waals surface area contributed by atoms with Gasteiger partial charge in [-0.15, -0.1) is 0 Å². The summed E-state index contributed by atoms with van der Waals surface area (Å²) in [6, 6.07) is 2.02. The number of rotatable bonds is 4. The van der Waals surface area contributed by atoms with Gasteiger partial charge < -0.3 is 15.6 Å². The Morgan fingerprint density at radius 2 is 2.22 bits per heavy atom. The van der Waals surface area contributed by atoms with Crippen LogP contribution in [0.5, 0.6) is 5.75 Å². The molecule has 0 heterocycles. The summed E-state index contributed by atoms with van der Waals surface area (Å²) in [4.78, 5) is 11.3. The first-order valence-electron chi connectivity index (χ1n) is 5.44. The van der Waals surface area contributed by atoms with Crippen molar-refractivity contribution in [2.24, 2.45) is 5.73 Å². The van der Waals surface area contributed by atoms with Gasteiger partial charge >= 0.3 is 5.97 Å². The molecule has 2 atom stereocenters. The zero-order chi connectivity index (χ0) is 13.9. The molecular weight excluding hydrogens is 305 g/mol. The van der Waals surface area contributed by atoms with E-state index in [9.17, 15) is 14.3 Å². The van der Waals surface area contributed by atoms with Crippen LogP contribution in [0.1, 0.15) is 24.1 Å². The molecule has 0 aliphatic carbocycles. The zero-order valence-electron chi connectivity index (χ0n) is 10.1. The Hall–Kier alpha value is -1.14. The molecular formula is C12H15BrFNO3. The van der Waals surface area contributed by atoms with Crippen LogP contribution in [0.4, 0.5) is 4.39 Å². The van der Waals surface area contributed by atoms with Gasteiger partial charge in [0.25, 0.3) is 0 Å². The van der Waals surface area contributed by atoms with Gasteiger partial charge in [-0.1, -0.05) is 22.0 Å². The molecule has 0 fully saturated rings. The topological polar surface area (TPSA) is 72.5 Å². The largest absolute Gasteiger partial charge is 0.507 e. The Labute approximate surface area is 113 Å². The van der Waals surface area contributed by atoms with E-state index in [1.54, 1.807) is 26.0 Å². The number of ether oxygens (including phenoxy) is 1. The standard InChI is InChI=1S/C12H15BrFNO3/c1-3-18-12(17)9(14)10(15)8-7(13)5-4-6(2)11(8)16/h4-5,9-10,16H,3,15H2,1-2H3/t9?,10-/m1/s1. The minimum atomic E-state index is -2.02. The first-order chi connectivity index (χ1) is 8.40. The number of phenols is 1. The van der Waals surface area contributed by atoms with Crippen molar-refractivity contribution in [3.63, 3.8) is 0 Å². The lowest BCUT2D eigenvalue weighted by Gasteiger charge is -2.19. The molecule has 0 aliphatic heterocycles. The molecule has 0 aliphatic rings. The summed E-state index contributed by atoms with van der Waals surface area (Å²) in [5.74, 6) is -1.15. The molecule has 0 amide bonds. The van der Waals surface area contributed by atoms with Gasteiger partial charge in [-0.25, -0.2) is 9.18 Å². The average molecular weight is 320 g/mol. The fourth-order valence-corrected chi connectivity index (χ4v) is 2.11. The van der Waals surface area contributed by atoms with Crippen LogP contribution in [0.3, 0.4) is 0 Å². The molecule has 18 heavy (non-hydrogen) atoms. The van der Waals surface area contributed by atoms with E-state index in [0.29, 0.717) is 10.0 Å². The Balaban J connectivity index is 3.07. The van der Waals surface area contributed by atoms with E-state index < -0.39 is 18.2 Å². The Bertz CT molecular complexity index is 453. The van der Waals surface area contributed by atoms with Crippen LogP contribution in [-0.2, 0) is 9.53 Å².